The van der Waals surface area contributed by atoms with Gasteiger partial charge in [0.25, 0.3) is 0 Å². The maximum Gasteiger partial charge on any atom is 0.124 e. The Bertz CT molecular complexity index is 550. The predicted octanol–water partition coefficient (Wildman–Crippen LogP) is 2.13. The second kappa shape index (κ2) is 6.10. The molecule has 1 aromatic rings. The molecule has 21 heavy (non-hydrogen) atoms. The van der Waals surface area contributed by atoms with Gasteiger partial charge in [0.2, 0.25) is 0 Å². The first kappa shape index (κ1) is 14.5. The number of piperidine rings is 1. The van der Waals surface area contributed by atoms with Crippen LogP contribution in [-0.4, -0.2) is 31.4 Å². The zero-order valence-electron chi connectivity index (χ0n) is 11.9. The van der Waals surface area contributed by atoms with Gasteiger partial charge >= 0.3 is 0 Å². The summed E-state index contributed by atoms with van der Waals surface area (Å²) in [7, 11) is 0. The maximum absolute atomic E-state index is 13.4. The standard InChI is InChI=1S/C16H19FN2O2/c17-14-6-12(9-18)5-13(7-14)10-20-15-8-16(21-11-15)1-3-19-4-2-16/h5-7,15,19H,1-4,8,10-11H2. The molecule has 4 nitrogen and oxygen atoms in total. The summed E-state index contributed by atoms with van der Waals surface area (Å²) < 4.78 is 25.2. The molecular formula is C16H19FN2O2. The first-order valence-corrected chi connectivity index (χ1v) is 7.35. The van der Waals surface area contributed by atoms with Crippen molar-refractivity contribution in [2.75, 3.05) is 19.7 Å². The van der Waals surface area contributed by atoms with E-state index in [9.17, 15) is 4.39 Å². The Morgan fingerprint density at radius 2 is 2.19 bits per heavy atom. The molecule has 0 aliphatic carbocycles. The minimum Gasteiger partial charge on any atom is -0.372 e. The van der Waals surface area contributed by atoms with Crippen molar-refractivity contribution in [1.29, 1.82) is 5.26 Å². The zero-order valence-corrected chi connectivity index (χ0v) is 11.9. The quantitative estimate of drug-likeness (QED) is 0.926. The minimum atomic E-state index is -0.398. The van der Waals surface area contributed by atoms with Crippen LogP contribution < -0.4 is 5.32 Å². The van der Waals surface area contributed by atoms with E-state index in [1.54, 1.807) is 6.07 Å². The van der Waals surface area contributed by atoms with Gasteiger partial charge in [-0.3, -0.25) is 0 Å². The van der Waals surface area contributed by atoms with Crippen molar-refractivity contribution >= 4 is 0 Å². The van der Waals surface area contributed by atoms with Crippen LogP contribution in [0.4, 0.5) is 4.39 Å². The second-order valence-corrected chi connectivity index (χ2v) is 5.84. The number of hydrogen-bond donors (Lipinski definition) is 1. The molecule has 2 fully saturated rings. The van der Waals surface area contributed by atoms with Gasteiger partial charge in [-0.05, 0) is 49.7 Å². The summed E-state index contributed by atoms with van der Waals surface area (Å²) in [6.07, 6.45) is 2.99. The van der Waals surface area contributed by atoms with Gasteiger partial charge in [0.05, 0.1) is 36.6 Å². The lowest BCUT2D eigenvalue weighted by Crippen LogP contribution is -2.41. The third-order valence-corrected chi connectivity index (χ3v) is 4.26. The highest BCUT2D eigenvalue weighted by Gasteiger charge is 2.41. The Morgan fingerprint density at radius 3 is 2.95 bits per heavy atom. The number of halogens is 1. The molecule has 1 unspecified atom stereocenters. The Hall–Kier alpha value is -1.48. The molecule has 0 aromatic heterocycles. The third-order valence-electron chi connectivity index (χ3n) is 4.26. The Balaban J connectivity index is 1.56. The molecule has 0 bridgehead atoms. The fraction of sp³-hybridized carbons (Fsp3) is 0.562. The lowest BCUT2D eigenvalue weighted by Gasteiger charge is -2.32. The molecule has 2 heterocycles. The SMILES string of the molecule is N#Cc1cc(F)cc(COC2COC3(CCNCC3)C2)c1. The molecule has 3 rings (SSSR count). The van der Waals surface area contributed by atoms with Gasteiger partial charge in [0.1, 0.15) is 5.82 Å². The summed E-state index contributed by atoms with van der Waals surface area (Å²) in [5.41, 5.74) is 0.985. The molecule has 0 saturated carbocycles. The monoisotopic (exact) mass is 290 g/mol. The molecule has 1 aromatic carbocycles. The van der Waals surface area contributed by atoms with E-state index in [4.69, 9.17) is 14.7 Å². The van der Waals surface area contributed by atoms with Gasteiger partial charge in [-0.2, -0.15) is 5.26 Å². The van der Waals surface area contributed by atoms with Gasteiger partial charge in [-0.25, -0.2) is 4.39 Å². The number of nitrogens with one attached hydrogen (secondary N) is 1. The van der Waals surface area contributed by atoms with E-state index in [-0.39, 0.29) is 11.7 Å². The molecule has 112 valence electrons. The van der Waals surface area contributed by atoms with Crippen LogP contribution in [0.15, 0.2) is 18.2 Å². The van der Waals surface area contributed by atoms with E-state index in [1.165, 1.54) is 12.1 Å². The zero-order chi connectivity index (χ0) is 14.7. The van der Waals surface area contributed by atoms with Gasteiger partial charge < -0.3 is 14.8 Å². The van der Waals surface area contributed by atoms with Crippen molar-refractivity contribution in [1.82, 2.24) is 5.32 Å². The van der Waals surface area contributed by atoms with Crippen molar-refractivity contribution in [3.8, 4) is 6.07 Å². The number of ether oxygens (including phenoxy) is 2. The van der Waals surface area contributed by atoms with E-state index < -0.39 is 5.82 Å². The first-order valence-electron chi connectivity index (χ1n) is 7.35. The van der Waals surface area contributed by atoms with Gasteiger partial charge in [-0.15, -0.1) is 0 Å². The minimum absolute atomic E-state index is 0.0321. The smallest absolute Gasteiger partial charge is 0.124 e. The van der Waals surface area contributed by atoms with E-state index in [2.05, 4.69) is 5.32 Å². The first-order chi connectivity index (χ1) is 10.2. The Labute approximate surface area is 123 Å². The molecule has 1 atom stereocenters. The predicted molar refractivity (Wildman–Crippen MR) is 75.1 cm³/mol. The second-order valence-electron chi connectivity index (χ2n) is 5.84. The third kappa shape index (κ3) is 3.41. The van der Waals surface area contributed by atoms with Gasteiger partial charge in [0.15, 0.2) is 0 Å². The van der Waals surface area contributed by atoms with Crippen LogP contribution in [0.2, 0.25) is 0 Å². The molecule has 0 amide bonds. The summed E-state index contributed by atoms with van der Waals surface area (Å²) in [6, 6.07) is 6.26. The lowest BCUT2D eigenvalue weighted by atomic mass is 9.89. The van der Waals surface area contributed by atoms with E-state index in [0.717, 1.165) is 32.4 Å². The lowest BCUT2D eigenvalue weighted by molar-refractivity contribution is -0.0241. The van der Waals surface area contributed by atoms with Crippen molar-refractivity contribution in [3.05, 3.63) is 35.1 Å². The fourth-order valence-corrected chi connectivity index (χ4v) is 3.15. The van der Waals surface area contributed by atoms with Crippen molar-refractivity contribution in [3.63, 3.8) is 0 Å². The average molecular weight is 290 g/mol. The van der Waals surface area contributed by atoms with Crippen LogP contribution in [0.1, 0.15) is 30.4 Å². The van der Waals surface area contributed by atoms with Crippen LogP contribution in [0.25, 0.3) is 0 Å². The highest BCUT2D eigenvalue weighted by atomic mass is 19.1. The highest BCUT2D eigenvalue weighted by Crippen LogP contribution is 2.35. The fourth-order valence-electron chi connectivity index (χ4n) is 3.15. The molecule has 2 aliphatic heterocycles. The summed E-state index contributed by atoms with van der Waals surface area (Å²) in [5, 5.41) is 12.2. The number of benzene rings is 1. The molecule has 2 aliphatic rings. The normalized spacial score (nSPS) is 24.1. The van der Waals surface area contributed by atoms with Crippen LogP contribution in [0, 0.1) is 17.1 Å². The van der Waals surface area contributed by atoms with Crippen LogP contribution >= 0.6 is 0 Å². The van der Waals surface area contributed by atoms with E-state index in [0.29, 0.717) is 24.3 Å². The van der Waals surface area contributed by atoms with E-state index >= 15 is 0 Å². The molecule has 0 radical (unpaired) electrons. The molecule has 1 N–H and O–H groups in total. The molecule has 1 spiro atoms. The molecule has 2 saturated heterocycles. The van der Waals surface area contributed by atoms with Crippen molar-refractivity contribution in [2.45, 2.75) is 37.6 Å². The summed E-state index contributed by atoms with van der Waals surface area (Å²) in [5.74, 6) is -0.398. The number of hydrogen-bond acceptors (Lipinski definition) is 4. The maximum atomic E-state index is 13.4. The number of nitrogens with zero attached hydrogens (tertiary/aromatic N) is 1. The van der Waals surface area contributed by atoms with Crippen molar-refractivity contribution in [2.24, 2.45) is 0 Å². The summed E-state index contributed by atoms with van der Waals surface area (Å²) in [6.45, 7) is 2.89. The Morgan fingerprint density at radius 1 is 1.38 bits per heavy atom. The highest BCUT2D eigenvalue weighted by molar-refractivity contribution is 5.33. The van der Waals surface area contributed by atoms with Gasteiger partial charge in [-0.1, -0.05) is 0 Å². The Kier molecular flexibility index (Phi) is 4.20. The average Bonchev–Trinajstić information content (AvgIpc) is 2.88. The topological polar surface area (TPSA) is 54.3 Å². The summed E-state index contributed by atoms with van der Waals surface area (Å²) >= 11 is 0. The van der Waals surface area contributed by atoms with Gasteiger partial charge in [0, 0.05) is 6.42 Å². The van der Waals surface area contributed by atoms with Crippen LogP contribution in [0.3, 0.4) is 0 Å². The molecule has 5 heteroatoms. The van der Waals surface area contributed by atoms with E-state index in [1.807, 2.05) is 6.07 Å². The van der Waals surface area contributed by atoms with Crippen molar-refractivity contribution < 1.29 is 13.9 Å². The molecular weight excluding hydrogens is 271 g/mol. The summed E-state index contributed by atoms with van der Waals surface area (Å²) in [4.78, 5) is 0. The van der Waals surface area contributed by atoms with Crippen LogP contribution in [-0.2, 0) is 16.1 Å². The number of rotatable bonds is 3. The van der Waals surface area contributed by atoms with Crippen LogP contribution in [0.5, 0.6) is 0 Å². The number of nitriles is 1. The largest absolute Gasteiger partial charge is 0.372 e.